The molecule has 386 valence electrons. The van der Waals surface area contributed by atoms with Gasteiger partial charge in [-0.05, 0) is 107 Å². The van der Waals surface area contributed by atoms with Crippen LogP contribution in [-0.2, 0) is 23.7 Å². The summed E-state index contributed by atoms with van der Waals surface area (Å²) in [6, 6.07) is 22.4. The lowest BCUT2D eigenvalue weighted by Gasteiger charge is -2.19. The van der Waals surface area contributed by atoms with Crippen LogP contribution in [0.5, 0.6) is 0 Å². The number of aromatic nitrogens is 2. The third-order valence-corrected chi connectivity index (χ3v) is 23.0. The highest BCUT2D eigenvalue weighted by Crippen LogP contribution is 2.62. The van der Waals surface area contributed by atoms with Gasteiger partial charge in [0.2, 0.25) is 5.69 Å². The fourth-order valence-corrected chi connectivity index (χ4v) is 19.5. The summed E-state index contributed by atoms with van der Waals surface area (Å²) < 4.78 is 2.11. The zero-order valence-corrected chi connectivity index (χ0v) is 48.8. The van der Waals surface area contributed by atoms with Crippen molar-refractivity contribution in [1.82, 2.24) is 9.97 Å². The van der Waals surface area contributed by atoms with Crippen LogP contribution in [0.3, 0.4) is 0 Å². The number of nitrogens with zero attached hydrogens (tertiary/aromatic N) is 10. The Labute approximate surface area is 493 Å². The number of thiophene rings is 4. The first-order valence-corrected chi connectivity index (χ1v) is 30.2. The third-order valence-electron chi connectivity index (χ3n) is 15.7. The van der Waals surface area contributed by atoms with Crippen molar-refractivity contribution in [2.45, 2.75) is 65.2 Å². The van der Waals surface area contributed by atoms with E-state index in [1.165, 1.54) is 35.4 Å². The van der Waals surface area contributed by atoms with E-state index >= 15 is 0 Å². The van der Waals surface area contributed by atoms with Crippen LogP contribution in [0.15, 0.2) is 71.2 Å². The number of allylic oxidation sites excluding steroid dienone is 5. The highest BCUT2D eigenvalue weighted by molar-refractivity contribution is 7.27. The summed E-state index contributed by atoms with van der Waals surface area (Å²) in [6.07, 6.45) is 4.96. The summed E-state index contributed by atoms with van der Waals surface area (Å²) in [7, 11) is 0. The molecule has 18 heteroatoms. The zero-order valence-electron chi connectivity index (χ0n) is 43.9. The molecule has 0 N–H and O–H groups in total. The van der Waals surface area contributed by atoms with Crippen LogP contribution in [0.25, 0.3) is 104 Å². The summed E-state index contributed by atoms with van der Waals surface area (Å²) in [6.45, 7) is 44.2. The number of Topliss-reactive ketones (excluding diaryl/α,β-unsaturated/α-hetero) is 2. The molecule has 0 unspecified atom stereocenters. The van der Waals surface area contributed by atoms with Crippen LogP contribution in [0.1, 0.15) is 132 Å². The summed E-state index contributed by atoms with van der Waals surface area (Å²) >= 11 is 9.92. The molecule has 12 nitrogen and oxygen atoms in total. The Kier molecular flexibility index (Phi) is 11.7. The maximum Gasteiger partial charge on any atom is 0.528 e. The molecule has 0 amide bonds. The van der Waals surface area contributed by atoms with E-state index in [-0.39, 0.29) is 67.3 Å². The second-order valence-electron chi connectivity index (χ2n) is 20.7. The molecule has 3 aromatic carbocycles. The predicted octanol–water partition coefficient (Wildman–Crippen LogP) is 17.6. The molecule has 4 aliphatic carbocycles. The van der Waals surface area contributed by atoms with Crippen LogP contribution >= 0.6 is 68.0 Å². The van der Waals surface area contributed by atoms with Gasteiger partial charge in [0.1, 0.15) is 25.3 Å². The van der Waals surface area contributed by atoms with Crippen LogP contribution in [-0.4, -0.2) is 21.5 Å². The monoisotopic (exact) mass is 1160 g/mol. The molecule has 0 atom stereocenters. The van der Waals surface area contributed by atoms with Crippen molar-refractivity contribution in [1.29, 1.82) is 21.0 Å². The Balaban J connectivity index is 0.922. The molecule has 6 heterocycles. The smallest absolute Gasteiger partial charge is 0.289 e. The summed E-state index contributed by atoms with van der Waals surface area (Å²) in [5.41, 5.74) is 9.20. The first-order valence-electron chi connectivity index (χ1n) is 25.3. The molecule has 0 saturated heterocycles. The van der Waals surface area contributed by atoms with Crippen molar-refractivity contribution in [3.63, 3.8) is 0 Å². The molecule has 9 aromatic rings. The van der Waals surface area contributed by atoms with Crippen LogP contribution in [0.2, 0.25) is 0 Å². The number of carbonyl (C=O) groups excluding carboxylic acids is 2. The lowest BCUT2D eigenvalue weighted by Crippen LogP contribution is -2.13. The van der Waals surface area contributed by atoms with Crippen molar-refractivity contribution < 1.29 is 9.59 Å². The molecular weight excluding hydrogens is 1130 g/mol. The summed E-state index contributed by atoms with van der Waals surface area (Å²) in [5.74, 6) is -1.11. The lowest BCUT2D eigenvalue weighted by atomic mass is 9.83. The second-order valence-corrected chi connectivity index (χ2v) is 27.2. The Morgan fingerprint density at radius 1 is 0.549 bits per heavy atom. The molecule has 0 radical (unpaired) electrons. The van der Waals surface area contributed by atoms with Crippen molar-refractivity contribution in [2.75, 3.05) is 0 Å². The van der Waals surface area contributed by atoms with E-state index in [1.807, 2.05) is 24.3 Å². The number of thiazole rings is 2. The molecule has 0 saturated carbocycles. The molecule has 13 rings (SSSR count). The summed E-state index contributed by atoms with van der Waals surface area (Å²) in [5, 5.41) is 41.6. The number of hydrogen-bond donors (Lipinski definition) is 0. The van der Waals surface area contributed by atoms with Crippen LogP contribution in [0, 0.1) is 71.6 Å². The summed E-state index contributed by atoms with van der Waals surface area (Å²) in [4.78, 5) is 61.2. The minimum atomic E-state index is -0.438. The van der Waals surface area contributed by atoms with Crippen molar-refractivity contribution in [3.8, 4) is 64.7 Å². The predicted molar refractivity (Wildman–Crippen MR) is 326 cm³/mol. The Hall–Kier alpha value is -9.54. The van der Waals surface area contributed by atoms with Crippen molar-refractivity contribution >= 4 is 129 Å². The number of hydrogen-bond acceptors (Lipinski definition) is 14. The molecular formula is C64H32N10O2S6. The standard InChI is InChI=1S/C64H32N10O2S6/c1-11-46-73-52-50(44-21-40-58(79-44)56-38(63(40,3)4)18-30(77-56)16-36-48(43(26-68)70-8)32-15-29(25-67)42(69-7)20-35(32)55(36)76)60-53(74-47(12-2)81-60)51(61(52)82-46)45-22-41-59(80-45)57-39(64(41,5)6)19-31(78-57)17-37-49(62(71-9)72-10)33-13-27(23-65)28(24-66)14-34(33)54(37)75/h13-22H,11-12H2,1-6H3/b36-16-,37-17-,48-43-. The van der Waals surface area contributed by atoms with E-state index in [0.717, 1.165) is 105 Å². The lowest BCUT2D eigenvalue weighted by molar-refractivity contribution is 0.103. The Morgan fingerprint density at radius 2 is 0.976 bits per heavy atom. The SMILES string of the molecule is [C-]#[N+]C([N+]#[C-])=C1/C(=C/c2cc3c(s2)-c2sc(-c4c5nc(CC)sc5c(-c5cc6c(s5)-c5sc(/C=C7\C(=O)c8cc([N+]#[C-])c(C#N)cc8\C7=C(/C#N)[N+]#[C-])cc5C6(C)C)c5nc(CC)sc45)cc2C3(C)C)C(=O)c2cc(C#N)c(C#N)cc21. The number of carbonyl (C=O) groups is 2. The topological polar surface area (TPSA) is 173 Å². The fourth-order valence-electron chi connectivity index (χ4n) is 11.7. The number of aryl methyl sites for hydroxylation is 2. The normalized spacial score (nSPS) is 16.1. The van der Waals surface area contributed by atoms with Crippen molar-refractivity contribution in [3.05, 3.63) is 198 Å². The van der Waals surface area contributed by atoms with E-state index in [2.05, 4.69) is 85.2 Å². The highest BCUT2D eigenvalue weighted by Gasteiger charge is 2.44. The number of rotatable bonds is 6. The Morgan fingerprint density at radius 3 is 1.41 bits per heavy atom. The van der Waals surface area contributed by atoms with Gasteiger partial charge in [0.15, 0.2) is 11.6 Å². The van der Waals surface area contributed by atoms with Crippen LogP contribution < -0.4 is 0 Å². The highest BCUT2D eigenvalue weighted by atomic mass is 32.1. The van der Waals surface area contributed by atoms with E-state index in [4.69, 9.17) is 36.3 Å². The van der Waals surface area contributed by atoms with E-state index in [9.17, 15) is 30.6 Å². The van der Waals surface area contributed by atoms with Gasteiger partial charge in [0, 0.05) is 88.8 Å². The Bertz CT molecular complexity index is 4700. The van der Waals surface area contributed by atoms with Gasteiger partial charge in [-0.25, -0.2) is 24.9 Å². The average Bonchev–Trinajstić information content (AvgIpc) is 3.26. The van der Waals surface area contributed by atoms with Gasteiger partial charge in [-0.1, -0.05) is 41.5 Å². The van der Waals surface area contributed by atoms with Gasteiger partial charge in [0.05, 0.1) is 78.0 Å². The molecule has 0 fully saturated rings. The first kappa shape index (κ1) is 51.9. The number of fused-ring (bicyclic) bond motifs is 10. The molecule has 6 aromatic heterocycles. The van der Waals surface area contributed by atoms with E-state index in [0.29, 0.717) is 11.1 Å². The van der Waals surface area contributed by atoms with Gasteiger partial charge < -0.3 is 0 Å². The third kappa shape index (κ3) is 7.12. The molecule has 0 spiro atoms. The molecule has 0 bridgehead atoms. The number of nitriles is 4. The molecule has 82 heavy (non-hydrogen) atoms. The average molecular weight is 1170 g/mol. The fraction of sp³-hybridized carbons (Fsp3) is 0.156. The van der Waals surface area contributed by atoms with Gasteiger partial charge in [-0.3, -0.25) is 9.59 Å². The maximum atomic E-state index is 14.2. The van der Waals surface area contributed by atoms with Gasteiger partial charge >= 0.3 is 5.82 Å². The van der Waals surface area contributed by atoms with Gasteiger partial charge in [-0.15, -0.1) is 68.0 Å². The van der Waals surface area contributed by atoms with Crippen molar-refractivity contribution in [2.24, 2.45) is 0 Å². The molecule has 0 aliphatic heterocycles. The van der Waals surface area contributed by atoms with Crippen LogP contribution in [0.4, 0.5) is 5.69 Å². The minimum Gasteiger partial charge on any atom is -0.289 e. The minimum absolute atomic E-state index is 0.0300. The quantitative estimate of drug-likeness (QED) is 0.0899. The largest absolute Gasteiger partial charge is 0.528 e. The maximum absolute atomic E-state index is 14.2. The van der Waals surface area contributed by atoms with Gasteiger partial charge in [-0.2, -0.15) is 25.5 Å². The van der Waals surface area contributed by atoms with Gasteiger partial charge in [0.25, 0.3) is 5.70 Å². The van der Waals surface area contributed by atoms with E-state index < -0.39 is 22.4 Å². The first-order chi connectivity index (χ1) is 39.5. The number of ketones is 2. The second kappa shape index (κ2) is 18.5. The zero-order chi connectivity index (χ0) is 57.6. The molecule has 4 aliphatic rings. The number of benzene rings is 3. The van der Waals surface area contributed by atoms with E-state index in [1.54, 1.807) is 80.2 Å².